The van der Waals surface area contributed by atoms with Crippen LogP contribution in [0, 0.1) is 0 Å². The van der Waals surface area contributed by atoms with Crippen LogP contribution >= 0.6 is 0 Å². The second kappa shape index (κ2) is 5.32. The minimum absolute atomic E-state index is 0.343. The normalized spacial score (nSPS) is 18.3. The molecule has 1 aromatic carbocycles. The average Bonchev–Trinajstić information content (AvgIpc) is 3.03. The van der Waals surface area contributed by atoms with Gasteiger partial charge in [-0.3, -0.25) is 0 Å². The van der Waals surface area contributed by atoms with Crippen LogP contribution in [0.5, 0.6) is 5.75 Å². The van der Waals surface area contributed by atoms with Crippen molar-refractivity contribution in [3.63, 3.8) is 0 Å². The molecule has 1 aromatic rings. The number of epoxide rings is 1. The van der Waals surface area contributed by atoms with E-state index in [0.29, 0.717) is 12.7 Å². The molecule has 0 aromatic heterocycles. The number of hydrogen-bond acceptors (Lipinski definition) is 3. The van der Waals surface area contributed by atoms with Crippen LogP contribution in [-0.4, -0.2) is 26.1 Å². The van der Waals surface area contributed by atoms with Crippen LogP contribution in [0.3, 0.4) is 0 Å². The number of benzene rings is 1. The van der Waals surface area contributed by atoms with Gasteiger partial charge in [-0.2, -0.15) is 0 Å². The second-order valence-corrected chi connectivity index (χ2v) is 2.58. The van der Waals surface area contributed by atoms with Crippen LogP contribution in [0.25, 0.3) is 0 Å². The number of hydrogen-bond donors (Lipinski definition) is 0. The molecule has 0 bridgehead atoms. The maximum atomic E-state index is 8.00. The van der Waals surface area contributed by atoms with E-state index in [2.05, 4.69) is 0 Å². The Morgan fingerprint density at radius 1 is 1.38 bits per heavy atom. The Kier molecular flexibility index (Phi) is 3.99. The summed E-state index contributed by atoms with van der Waals surface area (Å²) < 4.78 is 10.4. The topological polar surface area (TPSA) is 38.8 Å². The Bertz CT molecular complexity index is 231. The molecule has 1 aliphatic heterocycles. The molecular formula is C10H12O3. The van der Waals surface area contributed by atoms with Crippen molar-refractivity contribution in [2.75, 3.05) is 13.2 Å². The summed E-state index contributed by atoms with van der Waals surface area (Å²) in [6, 6.07) is 9.79. The SMILES string of the molecule is C=O.c1ccc(OCC2CO2)cc1. The number of carbonyl (C=O) groups is 1. The first-order chi connectivity index (χ1) is 6.45. The van der Waals surface area contributed by atoms with E-state index in [0.717, 1.165) is 12.4 Å². The van der Waals surface area contributed by atoms with Crippen molar-refractivity contribution >= 4 is 6.79 Å². The highest BCUT2D eigenvalue weighted by Gasteiger charge is 2.22. The molecule has 3 heteroatoms. The summed E-state index contributed by atoms with van der Waals surface area (Å²) in [4.78, 5) is 8.00. The van der Waals surface area contributed by atoms with E-state index < -0.39 is 0 Å². The molecule has 1 saturated heterocycles. The quantitative estimate of drug-likeness (QED) is 0.658. The fraction of sp³-hybridized carbons (Fsp3) is 0.300. The van der Waals surface area contributed by atoms with Gasteiger partial charge in [0.05, 0.1) is 6.61 Å². The Morgan fingerprint density at radius 2 is 2.00 bits per heavy atom. The molecule has 0 N–H and O–H groups in total. The van der Waals surface area contributed by atoms with Crippen molar-refractivity contribution in [2.45, 2.75) is 6.10 Å². The molecule has 0 radical (unpaired) electrons. The van der Waals surface area contributed by atoms with Crippen LogP contribution in [0.4, 0.5) is 0 Å². The van der Waals surface area contributed by atoms with Gasteiger partial charge in [0.1, 0.15) is 25.2 Å². The first-order valence-corrected chi connectivity index (χ1v) is 4.03. The first kappa shape index (κ1) is 9.74. The number of carbonyl (C=O) groups excluding carboxylic acids is 1. The lowest BCUT2D eigenvalue weighted by molar-refractivity contribution is -0.0979. The Labute approximate surface area is 77.3 Å². The molecule has 2 rings (SSSR count). The van der Waals surface area contributed by atoms with Crippen LogP contribution in [0.1, 0.15) is 0 Å². The minimum atomic E-state index is 0.343. The molecule has 1 aliphatic rings. The van der Waals surface area contributed by atoms with Crippen molar-refractivity contribution < 1.29 is 14.3 Å². The predicted octanol–water partition coefficient (Wildman–Crippen LogP) is 1.28. The Balaban J connectivity index is 0.000000396. The summed E-state index contributed by atoms with van der Waals surface area (Å²) >= 11 is 0. The number of ether oxygens (including phenoxy) is 2. The molecule has 3 nitrogen and oxygen atoms in total. The van der Waals surface area contributed by atoms with Crippen molar-refractivity contribution in [3.8, 4) is 5.75 Å². The lowest BCUT2D eigenvalue weighted by atomic mass is 10.3. The second-order valence-electron chi connectivity index (χ2n) is 2.58. The van der Waals surface area contributed by atoms with E-state index in [1.807, 2.05) is 37.1 Å². The molecule has 1 heterocycles. The molecule has 13 heavy (non-hydrogen) atoms. The van der Waals surface area contributed by atoms with Gasteiger partial charge in [0.15, 0.2) is 0 Å². The first-order valence-electron chi connectivity index (χ1n) is 4.03. The van der Waals surface area contributed by atoms with Gasteiger partial charge in [0, 0.05) is 0 Å². The van der Waals surface area contributed by atoms with E-state index >= 15 is 0 Å². The van der Waals surface area contributed by atoms with Crippen LogP contribution in [-0.2, 0) is 9.53 Å². The highest BCUT2D eigenvalue weighted by molar-refractivity contribution is 5.20. The maximum Gasteiger partial charge on any atom is 0.119 e. The number of para-hydroxylation sites is 1. The maximum absolute atomic E-state index is 8.00. The van der Waals surface area contributed by atoms with E-state index in [-0.39, 0.29) is 0 Å². The largest absolute Gasteiger partial charge is 0.491 e. The van der Waals surface area contributed by atoms with Crippen molar-refractivity contribution in [3.05, 3.63) is 30.3 Å². The van der Waals surface area contributed by atoms with Gasteiger partial charge in [-0.1, -0.05) is 18.2 Å². The fourth-order valence-corrected chi connectivity index (χ4v) is 0.870. The third kappa shape index (κ3) is 3.71. The van der Waals surface area contributed by atoms with E-state index in [4.69, 9.17) is 14.3 Å². The summed E-state index contributed by atoms with van der Waals surface area (Å²) in [6.45, 7) is 3.54. The average molecular weight is 180 g/mol. The van der Waals surface area contributed by atoms with Crippen molar-refractivity contribution in [2.24, 2.45) is 0 Å². The zero-order valence-corrected chi connectivity index (χ0v) is 7.31. The van der Waals surface area contributed by atoms with Gasteiger partial charge in [-0.25, -0.2) is 0 Å². The molecule has 1 unspecified atom stereocenters. The molecular weight excluding hydrogens is 168 g/mol. The lowest BCUT2D eigenvalue weighted by Crippen LogP contribution is -2.03. The minimum Gasteiger partial charge on any atom is -0.491 e. The summed E-state index contributed by atoms with van der Waals surface area (Å²) in [5.41, 5.74) is 0. The van der Waals surface area contributed by atoms with Gasteiger partial charge in [-0.05, 0) is 12.1 Å². The van der Waals surface area contributed by atoms with Gasteiger partial charge >= 0.3 is 0 Å². The van der Waals surface area contributed by atoms with Crippen LogP contribution < -0.4 is 4.74 Å². The Morgan fingerprint density at radius 3 is 2.54 bits per heavy atom. The zero-order valence-electron chi connectivity index (χ0n) is 7.31. The standard InChI is InChI=1S/C9H10O2.CH2O/c1-2-4-8(5-3-1)10-6-9-7-11-9;1-2/h1-5,9H,6-7H2;1H2. The lowest BCUT2D eigenvalue weighted by Gasteiger charge is -2.01. The smallest absolute Gasteiger partial charge is 0.119 e. The van der Waals surface area contributed by atoms with E-state index in [1.165, 1.54) is 0 Å². The molecule has 0 amide bonds. The fourth-order valence-electron chi connectivity index (χ4n) is 0.870. The van der Waals surface area contributed by atoms with Gasteiger partial charge in [0.25, 0.3) is 0 Å². The molecule has 1 atom stereocenters. The monoisotopic (exact) mass is 180 g/mol. The number of rotatable bonds is 3. The molecule has 1 fully saturated rings. The summed E-state index contributed by atoms with van der Waals surface area (Å²) in [5.74, 6) is 0.919. The van der Waals surface area contributed by atoms with E-state index in [9.17, 15) is 0 Å². The third-order valence-corrected chi connectivity index (χ3v) is 1.58. The zero-order chi connectivity index (χ0) is 9.52. The molecule has 0 spiro atoms. The highest BCUT2D eigenvalue weighted by Crippen LogP contribution is 2.13. The molecule has 70 valence electrons. The van der Waals surface area contributed by atoms with Crippen LogP contribution in [0.15, 0.2) is 30.3 Å². The predicted molar refractivity (Wildman–Crippen MR) is 48.8 cm³/mol. The van der Waals surface area contributed by atoms with Crippen molar-refractivity contribution in [1.29, 1.82) is 0 Å². The van der Waals surface area contributed by atoms with E-state index in [1.54, 1.807) is 0 Å². The summed E-state index contributed by atoms with van der Waals surface area (Å²) in [5, 5.41) is 0. The Hall–Kier alpha value is -1.35. The van der Waals surface area contributed by atoms with Crippen LogP contribution in [0.2, 0.25) is 0 Å². The van der Waals surface area contributed by atoms with Gasteiger partial charge < -0.3 is 14.3 Å². The third-order valence-electron chi connectivity index (χ3n) is 1.58. The van der Waals surface area contributed by atoms with Gasteiger partial charge in [-0.15, -0.1) is 0 Å². The van der Waals surface area contributed by atoms with Gasteiger partial charge in [0.2, 0.25) is 0 Å². The molecule has 0 aliphatic carbocycles. The van der Waals surface area contributed by atoms with Crippen molar-refractivity contribution in [1.82, 2.24) is 0 Å². The summed E-state index contributed by atoms with van der Waals surface area (Å²) in [6.07, 6.45) is 0.343. The highest BCUT2D eigenvalue weighted by atomic mass is 16.6. The molecule has 0 saturated carbocycles. The summed E-state index contributed by atoms with van der Waals surface area (Å²) in [7, 11) is 0.